The highest BCUT2D eigenvalue weighted by Crippen LogP contribution is 2.42. The molecule has 0 fully saturated rings. The van der Waals surface area contributed by atoms with E-state index in [-0.39, 0.29) is 0 Å². The van der Waals surface area contributed by atoms with Crippen molar-refractivity contribution in [3.05, 3.63) is 152 Å². The van der Waals surface area contributed by atoms with E-state index in [1.807, 2.05) is 12.3 Å². The lowest BCUT2D eigenvalue weighted by Crippen LogP contribution is -1.97. The van der Waals surface area contributed by atoms with Crippen molar-refractivity contribution in [2.75, 3.05) is 0 Å². The molecule has 0 saturated carbocycles. The van der Waals surface area contributed by atoms with Crippen LogP contribution in [0.15, 0.2) is 152 Å². The zero-order valence-electron chi connectivity index (χ0n) is 23.3. The number of hydrogen-bond acceptors (Lipinski definition) is 2. The summed E-state index contributed by atoms with van der Waals surface area (Å²) in [4.78, 5) is 9.72. The third-order valence-corrected chi connectivity index (χ3v) is 8.59. The van der Waals surface area contributed by atoms with Gasteiger partial charge < -0.3 is 4.57 Å². The van der Waals surface area contributed by atoms with E-state index in [2.05, 4.69) is 149 Å². The van der Waals surface area contributed by atoms with Crippen LogP contribution in [0.25, 0.3) is 82.5 Å². The lowest BCUT2D eigenvalue weighted by Gasteiger charge is -2.15. The van der Waals surface area contributed by atoms with Gasteiger partial charge in [-0.25, -0.2) is 4.98 Å². The van der Waals surface area contributed by atoms with E-state index in [0.717, 1.165) is 44.1 Å². The number of pyridine rings is 2. The van der Waals surface area contributed by atoms with Gasteiger partial charge in [0.05, 0.1) is 27.8 Å². The topological polar surface area (TPSA) is 30.7 Å². The largest absolute Gasteiger partial charge is 0.309 e. The van der Waals surface area contributed by atoms with Gasteiger partial charge >= 0.3 is 0 Å². The van der Waals surface area contributed by atoms with Crippen LogP contribution in [0.3, 0.4) is 0 Å². The van der Waals surface area contributed by atoms with Crippen molar-refractivity contribution in [2.24, 2.45) is 0 Å². The first-order valence-electron chi connectivity index (χ1n) is 14.6. The average molecular weight is 548 g/mol. The summed E-state index contributed by atoms with van der Waals surface area (Å²) in [6.07, 6.45) is 1.84. The molecule has 0 amide bonds. The molecule has 0 spiro atoms. The van der Waals surface area contributed by atoms with Crippen molar-refractivity contribution in [3.63, 3.8) is 0 Å². The van der Waals surface area contributed by atoms with Gasteiger partial charge in [-0.1, -0.05) is 103 Å². The maximum Gasteiger partial charge on any atom is 0.0788 e. The predicted octanol–water partition coefficient (Wildman–Crippen LogP) is 10.4. The summed E-state index contributed by atoms with van der Waals surface area (Å²) in [6.45, 7) is 0. The Hall–Kier alpha value is -5.80. The van der Waals surface area contributed by atoms with Crippen LogP contribution >= 0.6 is 0 Å². The molecule has 9 rings (SSSR count). The number of aromatic nitrogens is 3. The van der Waals surface area contributed by atoms with Crippen LogP contribution in [-0.2, 0) is 0 Å². The Balaban J connectivity index is 1.40. The normalized spacial score (nSPS) is 11.7. The minimum Gasteiger partial charge on any atom is -0.309 e. The van der Waals surface area contributed by atoms with Crippen LogP contribution in [0, 0.1) is 0 Å². The number of para-hydroxylation sites is 2. The molecule has 0 aliphatic carbocycles. The van der Waals surface area contributed by atoms with Gasteiger partial charge in [0.1, 0.15) is 0 Å². The molecule has 9 aromatic rings. The first-order valence-corrected chi connectivity index (χ1v) is 14.6. The Morgan fingerprint density at radius 1 is 0.465 bits per heavy atom. The molecule has 0 N–H and O–H groups in total. The van der Waals surface area contributed by atoms with Crippen molar-refractivity contribution in [3.8, 4) is 28.1 Å². The Morgan fingerprint density at radius 3 is 2.16 bits per heavy atom. The lowest BCUT2D eigenvalue weighted by atomic mass is 9.97. The molecule has 0 saturated heterocycles. The van der Waals surface area contributed by atoms with Crippen molar-refractivity contribution >= 4 is 54.4 Å². The van der Waals surface area contributed by atoms with E-state index in [0.29, 0.717) is 0 Å². The van der Waals surface area contributed by atoms with Gasteiger partial charge in [-0.05, 0) is 53.6 Å². The van der Waals surface area contributed by atoms with Crippen LogP contribution < -0.4 is 0 Å². The van der Waals surface area contributed by atoms with Gasteiger partial charge in [-0.3, -0.25) is 4.98 Å². The standard InChI is InChI=1S/C40H25N3/c1-2-10-26(11-3-1)39-34-21-20-32-31-15-5-7-18-37(31)43(40(32)38(34)33-16-4-6-17-36(33)42-39)30-14-8-12-27(25-30)28-19-22-35-29(24-28)13-9-23-41-35/h1-25H. The van der Waals surface area contributed by atoms with E-state index in [9.17, 15) is 0 Å². The summed E-state index contributed by atoms with van der Waals surface area (Å²) >= 11 is 0. The molecule has 0 aliphatic rings. The second-order valence-electron chi connectivity index (χ2n) is 11.0. The maximum absolute atomic E-state index is 5.20. The fraction of sp³-hybridized carbons (Fsp3) is 0. The smallest absolute Gasteiger partial charge is 0.0788 e. The lowest BCUT2D eigenvalue weighted by molar-refractivity contribution is 1.19. The number of nitrogens with zero attached hydrogens (tertiary/aromatic N) is 3. The van der Waals surface area contributed by atoms with Gasteiger partial charge in [0.15, 0.2) is 0 Å². The number of fused-ring (bicyclic) bond motifs is 8. The summed E-state index contributed by atoms with van der Waals surface area (Å²) in [5, 5.41) is 7.15. The summed E-state index contributed by atoms with van der Waals surface area (Å²) in [6, 6.07) is 51.9. The van der Waals surface area contributed by atoms with Crippen LogP contribution in [0.4, 0.5) is 0 Å². The fourth-order valence-electron chi connectivity index (χ4n) is 6.65. The van der Waals surface area contributed by atoms with Crippen molar-refractivity contribution in [1.82, 2.24) is 14.5 Å². The second kappa shape index (κ2) is 9.37. The summed E-state index contributed by atoms with van der Waals surface area (Å²) in [5.74, 6) is 0. The van der Waals surface area contributed by atoms with E-state index in [4.69, 9.17) is 4.98 Å². The molecule has 3 heterocycles. The van der Waals surface area contributed by atoms with Crippen molar-refractivity contribution in [2.45, 2.75) is 0 Å². The minimum absolute atomic E-state index is 0.997. The number of rotatable bonds is 3. The molecular formula is C40H25N3. The van der Waals surface area contributed by atoms with Crippen molar-refractivity contribution in [1.29, 1.82) is 0 Å². The first-order chi connectivity index (χ1) is 21.3. The minimum atomic E-state index is 0.997. The Kier molecular flexibility index (Phi) is 5.20. The molecule has 3 heteroatoms. The predicted molar refractivity (Wildman–Crippen MR) is 180 cm³/mol. The van der Waals surface area contributed by atoms with Gasteiger partial charge in [-0.15, -0.1) is 0 Å². The Morgan fingerprint density at radius 2 is 1.23 bits per heavy atom. The van der Waals surface area contributed by atoms with Gasteiger partial charge in [0, 0.05) is 49.8 Å². The fourth-order valence-corrected chi connectivity index (χ4v) is 6.65. The van der Waals surface area contributed by atoms with Crippen LogP contribution in [0.2, 0.25) is 0 Å². The van der Waals surface area contributed by atoms with E-state index < -0.39 is 0 Å². The number of benzene rings is 6. The van der Waals surface area contributed by atoms with E-state index in [1.165, 1.54) is 38.3 Å². The molecule has 200 valence electrons. The molecule has 3 nitrogen and oxygen atoms in total. The molecule has 0 bridgehead atoms. The molecule has 0 unspecified atom stereocenters. The zero-order chi connectivity index (χ0) is 28.3. The average Bonchev–Trinajstić information content (AvgIpc) is 3.42. The zero-order valence-corrected chi connectivity index (χ0v) is 23.3. The highest BCUT2D eigenvalue weighted by molar-refractivity contribution is 6.26. The third-order valence-electron chi connectivity index (χ3n) is 8.59. The molecule has 3 aromatic heterocycles. The van der Waals surface area contributed by atoms with Gasteiger partial charge in [-0.2, -0.15) is 0 Å². The SMILES string of the molecule is c1ccc(-c2nc3ccccc3c3c2ccc2c4ccccc4n(-c4cccc(-c5ccc6ncccc6c5)c4)c23)cc1. The van der Waals surface area contributed by atoms with Crippen LogP contribution in [0.5, 0.6) is 0 Å². The maximum atomic E-state index is 5.20. The quantitative estimate of drug-likeness (QED) is 0.206. The molecular weight excluding hydrogens is 522 g/mol. The molecule has 6 aromatic carbocycles. The third kappa shape index (κ3) is 3.68. The molecule has 43 heavy (non-hydrogen) atoms. The number of hydrogen-bond donors (Lipinski definition) is 0. The van der Waals surface area contributed by atoms with Crippen LogP contribution in [0.1, 0.15) is 0 Å². The molecule has 0 atom stereocenters. The second-order valence-corrected chi connectivity index (χ2v) is 11.0. The molecule has 0 aliphatic heterocycles. The summed E-state index contributed by atoms with van der Waals surface area (Å²) in [5.41, 5.74) is 9.99. The van der Waals surface area contributed by atoms with E-state index >= 15 is 0 Å². The first kappa shape index (κ1) is 23.9. The summed E-state index contributed by atoms with van der Waals surface area (Å²) < 4.78 is 2.44. The van der Waals surface area contributed by atoms with Gasteiger partial charge in [0.2, 0.25) is 0 Å². The van der Waals surface area contributed by atoms with Crippen molar-refractivity contribution < 1.29 is 0 Å². The van der Waals surface area contributed by atoms with E-state index in [1.54, 1.807) is 0 Å². The molecule has 0 radical (unpaired) electrons. The highest BCUT2D eigenvalue weighted by atomic mass is 15.0. The summed E-state index contributed by atoms with van der Waals surface area (Å²) in [7, 11) is 0. The Labute approximate surface area is 248 Å². The van der Waals surface area contributed by atoms with Crippen LogP contribution in [-0.4, -0.2) is 14.5 Å². The monoisotopic (exact) mass is 547 g/mol. The highest BCUT2D eigenvalue weighted by Gasteiger charge is 2.19. The van der Waals surface area contributed by atoms with Gasteiger partial charge in [0.25, 0.3) is 0 Å². The Bertz CT molecular complexity index is 2510.